The van der Waals surface area contributed by atoms with Gasteiger partial charge in [-0.2, -0.15) is 0 Å². The zero-order chi connectivity index (χ0) is 20.2. The lowest BCUT2D eigenvalue weighted by atomic mass is 10.1. The molecule has 0 aliphatic rings. The minimum atomic E-state index is -0.590. The zero-order valence-electron chi connectivity index (χ0n) is 15.7. The first-order chi connectivity index (χ1) is 12.6. The van der Waals surface area contributed by atoms with E-state index in [1.54, 1.807) is 25.1 Å². The largest absolute Gasteiger partial charge is 0.465 e. The van der Waals surface area contributed by atoms with Crippen molar-refractivity contribution in [3.63, 3.8) is 0 Å². The number of amides is 1. The molecule has 0 saturated carbocycles. The van der Waals surface area contributed by atoms with Crippen LogP contribution in [0.4, 0.5) is 0 Å². The summed E-state index contributed by atoms with van der Waals surface area (Å²) in [7, 11) is 0. The standard InChI is InChI=1S/C18H22Cl2N4O3/c1-5-27-16(25)11-24(18(2,3)4)17(26)15-10-23(22-21-15)9-12-6-7-13(19)8-14(12)20/h6-8,10H,5,9,11H2,1-4H3. The van der Waals surface area contributed by atoms with Gasteiger partial charge in [-0.15, -0.1) is 5.10 Å². The number of aromatic nitrogens is 3. The Bertz CT molecular complexity index is 830. The van der Waals surface area contributed by atoms with Crippen LogP contribution in [0.2, 0.25) is 10.0 Å². The van der Waals surface area contributed by atoms with Crippen molar-refractivity contribution in [1.82, 2.24) is 19.9 Å². The summed E-state index contributed by atoms with van der Waals surface area (Å²) < 4.78 is 6.47. The molecular weight excluding hydrogens is 391 g/mol. The lowest BCUT2D eigenvalue weighted by Gasteiger charge is -2.34. The van der Waals surface area contributed by atoms with Gasteiger partial charge < -0.3 is 9.64 Å². The molecule has 0 bridgehead atoms. The Balaban J connectivity index is 2.19. The van der Waals surface area contributed by atoms with Gasteiger partial charge in [0.15, 0.2) is 5.69 Å². The summed E-state index contributed by atoms with van der Waals surface area (Å²) in [5, 5.41) is 8.98. The molecule has 0 atom stereocenters. The van der Waals surface area contributed by atoms with Gasteiger partial charge in [0.25, 0.3) is 5.91 Å². The van der Waals surface area contributed by atoms with E-state index >= 15 is 0 Å². The fourth-order valence-electron chi connectivity index (χ4n) is 2.39. The highest BCUT2D eigenvalue weighted by Gasteiger charge is 2.31. The number of hydrogen-bond acceptors (Lipinski definition) is 5. The molecule has 7 nitrogen and oxygen atoms in total. The highest BCUT2D eigenvalue weighted by Crippen LogP contribution is 2.22. The SMILES string of the molecule is CCOC(=O)CN(C(=O)c1cn(Cc2ccc(Cl)cc2Cl)nn1)C(C)(C)C. The average Bonchev–Trinajstić information content (AvgIpc) is 3.02. The lowest BCUT2D eigenvalue weighted by molar-refractivity contribution is -0.144. The molecular formula is C18H22Cl2N4O3. The van der Waals surface area contributed by atoms with Crippen LogP contribution in [0.15, 0.2) is 24.4 Å². The second-order valence-electron chi connectivity index (χ2n) is 6.90. The Labute approximate surface area is 168 Å². The molecule has 146 valence electrons. The fraction of sp³-hybridized carbons (Fsp3) is 0.444. The van der Waals surface area contributed by atoms with Crippen molar-refractivity contribution >= 4 is 35.1 Å². The third-order valence-electron chi connectivity index (χ3n) is 3.75. The van der Waals surface area contributed by atoms with Crippen molar-refractivity contribution < 1.29 is 14.3 Å². The molecule has 0 fully saturated rings. The molecule has 1 amide bonds. The zero-order valence-corrected chi connectivity index (χ0v) is 17.2. The van der Waals surface area contributed by atoms with Crippen molar-refractivity contribution in [3.8, 4) is 0 Å². The summed E-state index contributed by atoms with van der Waals surface area (Å²) in [5.41, 5.74) is 0.344. The van der Waals surface area contributed by atoms with Crippen molar-refractivity contribution in [1.29, 1.82) is 0 Å². The van der Waals surface area contributed by atoms with Crippen LogP contribution in [-0.4, -0.2) is 50.5 Å². The van der Waals surface area contributed by atoms with Gasteiger partial charge in [0, 0.05) is 15.6 Å². The molecule has 0 spiro atoms. The summed E-state index contributed by atoms with van der Waals surface area (Å²) in [6.45, 7) is 7.65. The average molecular weight is 413 g/mol. The van der Waals surface area contributed by atoms with Gasteiger partial charge in [-0.25, -0.2) is 4.68 Å². The maximum absolute atomic E-state index is 12.9. The number of nitrogens with zero attached hydrogens (tertiary/aromatic N) is 4. The van der Waals surface area contributed by atoms with E-state index in [0.29, 0.717) is 16.6 Å². The third kappa shape index (κ3) is 5.68. The second-order valence-corrected chi connectivity index (χ2v) is 7.75. The smallest absolute Gasteiger partial charge is 0.325 e. The maximum atomic E-state index is 12.9. The van der Waals surface area contributed by atoms with Crippen LogP contribution in [0.3, 0.4) is 0 Å². The predicted molar refractivity (Wildman–Crippen MR) is 103 cm³/mol. The molecule has 1 aromatic heterocycles. The quantitative estimate of drug-likeness (QED) is 0.678. The van der Waals surface area contributed by atoms with E-state index in [1.807, 2.05) is 20.8 Å². The Morgan fingerprint density at radius 2 is 1.96 bits per heavy atom. The van der Waals surface area contributed by atoms with Crippen LogP contribution < -0.4 is 0 Å². The van der Waals surface area contributed by atoms with E-state index in [9.17, 15) is 9.59 Å². The van der Waals surface area contributed by atoms with Crippen molar-refractivity contribution in [2.24, 2.45) is 0 Å². The molecule has 0 unspecified atom stereocenters. The van der Waals surface area contributed by atoms with E-state index in [4.69, 9.17) is 27.9 Å². The number of esters is 1. The first-order valence-electron chi connectivity index (χ1n) is 8.43. The summed E-state index contributed by atoms with van der Waals surface area (Å²) in [6.07, 6.45) is 1.52. The molecule has 27 heavy (non-hydrogen) atoms. The molecule has 9 heteroatoms. The highest BCUT2D eigenvalue weighted by molar-refractivity contribution is 6.35. The Kier molecular flexibility index (Phi) is 6.84. The van der Waals surface area contributed by atoms with E-state index in [1.165, 1.54) is 15.8 Å². The van der Waals surface area contributed by atoms with Crippen LogP contribution in [0.25, 0.3) is 0 Å². The van der Waals surface area contributed by atoms with Gasteiger partial charge in [-0.1, -0.05) is 34.5 Å². The monoisotopic (exact) mass is 412 g/mol. The summed E-state index contributed by atoms with van der Waals surface area (Å²) in [6, 6.07) is 5.16. The number of carbonyl (C=O) groups excluding carboxylic acids is 2. The van der Waals surface area contributed by atoms with Crippen LogP contribution in [0.1, 0.15) is 43.7 Å². The minimum Gasteiger partial charge on any atom is -0.465 e. The highest BCUT2D eigenvalue weighted by atomic mass is 35.5. The molecule has 2 rings (SSSR count). The lowest BCUT2D eigenvalue weighted by Crippen LogP contribution is -2.48. The number of halogens is 2. The number of benzene rings is 1. The molecule has 1 aromatic carbocycles. The predicted octanol–water partition coefficient (Wildman–Crippen LogP) is 3.44. The van der Waals surface area contributed by atoms with E-state index in [-0.39, 0.29) is 18.8 Å². The molecule has 0 radical (unpaired) electrons. The first kappa shape index (κ1) is 21.2. The van der Waals surface area contributed by atoms with Crippen LogP contribution >= 0.6 is 23.2 Å². The Hall–Kier alpha value is -2.12. The van der Waals surface area contributed by atoms with Crippen molar-refractivity contribution in [2.75, 3.05) is 13.2 Å². The molecule has 0 saturated heterocycles. The number of hydrogen-bond donors (Lipinski definition) is 0. The molecule has 0 aliphatic carbocycles. The van der Waals surface area contributed by atoms with Gasteiger partial charge in [0.2, 0.25) is 0 Å². The number of carbonyl (C=O) groups is 2. The summed E-state index contributed by atoms with van der Waals surface area (Å²) >= 11 is 12.1. The fourth-order valence-corrected chi connectivity index (χ4v) is 2.85. The molecule has 2 aromatic rings. The van der Waals surface area contributed by atoms with Gasteiger partial charge >= 0.3 is 5.97 Å². The third-order valence-corrected chi connectivity index (χ3v) is 4.34. The molecule has 1 heterocycles. The van der Waals surface area contributed by atoms with E-state index in [0.717, 1.165) is 5.56 Å². The maximum Gasteiger partial charge on any atom is 0.325 e. The van der Waals surface area contributed by atoms with Gasteiger partial charge in [-0.05, 0) is 45.4 Å². The summed E-state index contributed by atoms with van der Waals surface area (Å²) in [5.74, 6) is -0.870. The molecule has 0 N–H and O–H groups in total. The van der Waals surface area contributed by atoms with Crippen LogP contribution in [0.5, 0.6) is 0 Å². The van der Waals surface area contributed by atoms with E-state index < -0.39 is 17.4 Å². The van der Waals surface area contributed by atoms with Crippen LogP contribution in [0, 0.1) is 0 Å². The number of ether oxygens (including phenoxy) is 1. The van der Waals surface area contributed by atoms with E-state index in [2.05, 4.69) is 10.3 Å². The first-order valence-corrected chi connectivity index (χ1v) is 9.19. The van der Waals surface area contributed by atoms with Gasteiger partial charge in [0.1, 0.15) is 6.54 Å². The Morgan fingerprint density at radius 3 is 2.56 bits per heavy atom. The topological polar surface area (TPSA) is 77.3 Å². The van der Waals surface area contributed by atoms with Gasteiger partial charge in [-0.3, -0.25) is 9.59 Å². The minimum absolute atomic E-state index is 0.138. The normalized spacial score (nSPS) is 11.3. The Morgan fingerprint density at radius 1 is 1.26 bits per heavy atom. The molecule has 0 aliphatic heterocycles. The number of rotatable bonds is 6. The summed E-state index contributed by atoms with van der Waals surface area (Å²) in [4.78, 5) is 26.1. The van der Waals surface area contributed by atoms with Crippen molar-refractivity contribution in [2.45, 2.75) is 39.8 Å². The van der Waals surface area contributed by atoms with Crippen molar-refractivity contribution in [3.05, 3.63) is 45.7 Å². The van der Waals surface area contributed by atoms with Crippen LogP contribution in [-0.2, 0) is 16.1 Å². The second kappa shape index (κ2) is 8.71. The van der Waals surface area contributed by atoms with Gasteiger partial charge in [0.05, 0.1) is 19.3 Å².